The lowest BCUT2D eigenvalue weighted by Gasteiger charge is -2.03. The third-order valence-electron chi connectivity index (χ3n) is 4.19. The molecule has 0 saturated carbocycles. The van der Waals surface area contributed by atoms with Crippen LogP contribution in [0.4, 0.5) is 4.39 Å². The molecule has 0 aliphatic rings. The number of allylic oxidation sites excluding steroid dienone is 1. The van der Waals surface area contributed by atoms with E-state index in [1.165, 1.54) is 29.0 Å². The van der Waals surface area contributed by atoms with Crippen molar-refractivity contribution in [3.63, 3.8) is 0 Å². The van der Waals surface area contributed by atoms with E-state index in [0.29, 0.717) is 11.3 Å². The van der Waals surface area contributed by atoms with Gasteiger partial charge >= 0.3 is 0 Å². The Bertz CT molecular complexity index is 1130. The molecule has 1 aromatic heterocycles. The Morgan fingerprint density at radius 3 is 2.63 bits per heavy atom. The van der Waals surface area contributed by atoms with Crippen LogP contribution in [0.15, 0.2) is 64.4 Å². The number of thiazole rings is 1. The third-order valence-corrected chi connectivity index (χ3v) is 6.63. The van der Waals surface area contributed by atoms with Gasteiger partial charge < -0.3 is 4.57 Å². The summed E-state index contributed by atoms with van der Waals surface area (Å²) in [5.41, 5.74) is 2.15. The van der Waals surface area contributed by atoms with Gasteiger partial charge in [-0.15, -0.1) is 11.0 Å². The van der Waals surface area contributed by atoms with Crippen molar-refractivity contribution in [3.05, 3.63) is 71.3 Å². The van der Waals surface area contributed by atoms with E-state index < -0.39 is 15.8 Å². The molecule has 0 amide bonds. The minimum atomic E-state index is -3.93. The Hall–Kier alpha value is -2.25. The van der Waals surface area contributed by atoms with Gasteiger partial charge in [0.2, 0.25) is 4.80 Å². The summed E-state index contributed by atoms with van der Waals surface area (Å²) in [5, 5.41) is 0. The van der Waals surface area contributed by atoms with Gasteiger partial charge in [-0.05, 0) is 54.8 Å². The summed E-state index contributed by atoms with van der Waals surface area (Å²) in [7, 11) is -3.93. The highest BCUT2D eigenvalue weighted by Crippen LogP contribution is 2.21. The number of aryl methyl sites for hydroxylation is 1. The molecule has 4 nitrogen and oxygen atoms in total. The monoisotopic (exact) mass is 404 g/mol. The Morgan fingerprint density at radius 2 is 1.96 bits per heavy atom. The zero-order valence-corrected chi connectivity index (χ0v) is 16.7. The van der Waals surface area contributed by atoms with Crippen molar-refractivity contribution in [2.45, 2.75) is 37.6 Å². The number of unbranched alkanes of at least 4 members (excludes halogenated alkanes) is 1. The van der Waals surface area contributed by atoms with E-state index in [4.69, 9.17) is 0 Å². The van der Waals surface area contributed by atoms with Crippen molar-refractivity contribution in [2.24, 2.45) is 4.40 Å². The normalized spacial score (nSPS) is 12.6. The molecule has 0 unspecified atom stereocenters. The second-order valence-corrected chi connectivity index (χ2v) is 8.82. The van der Waals surface area contributed by atoms with Crippen LogP contribution in [0, 0.1) is 5.82 Å². The number of fused-ring (bicyclic) bond motifs is 1. The van der Waals surface area contributed by atoms with Gasteiger partial charge in [-0.25, -0.2) is 4.39 Å². The minimum Gasteiger partial charge on any atom is -0.312 e. The van der Waals surface area contributed by atoms with Crippen molar-refractivity contribution < 1.29 is 12.8 Å². The fourth-order valence-corrected chi connectivity index (χ4v) is 5.10. The number of halogens is 1. The number of rotatable bonds is 7. The second-order valence-electron chi connectivity index (χ2n) is 6.21. The van der Waals surface area contributed by atoms with Crippen LogP contribution in [-0.4, -0.2) is 13.0 Å². The molecule has 0 aliphatic carbocycles. The Balaban J connectivity index is 2.13. The average Bonchev–Trinajstić information content (AvgIpc) is 2.96. The van der Waals surface area contributed by atoms with Gasteiger partial charge in [0, 0.05) is 6.54 Å². The van der Waals surface area contributed by atoms with Crippen LogP contribution in [0.3, 0.4) is 0 Å². The Morgan fingerprint density at radius 1 is 1.22 bits per heavy atom. The van der Waals surface area contributed by atoms with Gasteiger partial charge in [-0.3, -0.25) is 0 Å². The SMILES string of the molecule is C=CCn1/c(=N/S(=O)(=O)c2ccc(F)cc2)sc2cc(CCCC)ccc21. The van der Waals surface area contributed by atoms with Crippen LogP contribution >= 0.6 is 11.3 Å². The highest BCUT2D eigenvalue weighted by Gasteiger charge is 2.15. The molecule has 3 aromatic rings. The number of benzene rings is 2. The number of sulfonamides is 1. The minimum absolute atomic E-state index is 0.0323. The van der Waals surface area contributed by atoms with E-state index in [1.807, 2.05) is 10.6 Å². The molecule has 142 valence electrons. The van der Waals surface area contributed by atoms with Gasteiger partial charge in [-0.2, -0.15) is 8.42 Å². The Labute approximate surface area is 162 Å². The predicted molar refractivity (Wildman–Crippen MR) is 108 cm³/mol. The topological polar surface area (TPSA) is 51.4 Å². The van der Waals surface area contributed by atoms with Crippen molar-refractivity contribution >= 4 is 31.6 Å². The molecule has 0 N–H and O–H groups in total. The van der Waals surface area contributed by atoms with Gasteiger partial charge in [0.1, 0.15) is 5.82 Å². The molecule has 0 spiro atoms. The number of aromatic nitrogens is 1. The lowest BCUT2D eigenvalue weighted by Crippen LogP contribution is -2.16. The first kappa shape index (κ1) is 19.5. The molecule has 0 saturated heterocycles. The summed E-state index contributed by atoms with van der Waals surface area (Å²) in [5.74, 6) is -0.489. The lowest BCUT2D eigenvalue weighted by atomic mass is 10.1. The molecule has 7 heteroatoms. The van der Waals surface area contributed by atoms with Crippen molar-refractivity contribution in [2.75, 3.05) is 0 Å². The summed E-state index contributed by atoms with van der Waals surface area (Å²) >= 11 is 1.33. The number of hydrogen-bond donors (Lipinski definition) is 0. The first-order valence-electron chi connectivity index (χ1n) is 8.74. The van der Waals surface area contributed by atoms with E-state index in [0.717, 1.165) is 41.6 Å². The van der Waals surface area contributed by atoms with Gasteiger partial charge in [-0.1, -0.05) is 36.8 Å². The molecule has 0 aliphatic heterocycles. The molecule has 3 rings (SSSR count). The third kappa shape index (κ3) is 4.36. The molecule has 0 fully saturated rings. The maximum atomic E-state index is 13.1. The molecule has 0 radical (unpaired) electrons. The van der Waals surface area contributed by atoms with E-state index in [2.05, 4.69) is 30.0 Å². The summed E-state index contributed by atoms with van der Waals surface area (Å²) < 4.78 is 45.2. The maximum absolute atomic E-state index is 13.1. The fraction of sp³-hybridized carbons (Fsp3) is 0.250. The van der Waals surface area contributed by atoms with Crippen LogP contribution in [0.5, 0.6) is 0 Å². The standard InChI is InChI=1S/C20H21FN2O2S2/c1-3-5-6-15-7-12-18-19(14-15)26-20(23(18)13-4-2)22-27(24,25)17-10-8-16(21)9-11-17/h4,7-12,14H,2-3,5-6,13H2,1H3/b22-20-. The van der Waals surface area contributed by atoms with Crippen LogP contribution in [0.2, 0.25) is 0 Å². The quantitative estimate of drug-likeness (QED) is 0.538. The van der Waals surface area contributed by atoms with E-state index in [-0.39, 0.29) is 4.90 Å². The first-order chi connectivity index (χ1) is 12.9. The zero-order chi connectivity index (χ0) is 19.4. The van der Waals surface area contributed by atoms with Crippen LogP contribution in [-0.2, 0) is 23.0 Å². The maximum Gasteiger partial charge on any atom is 0.285 e. The predicted octanol–water partition coefficient (Wildman–Crippen LogP) is 4.66. The van der Waals surface area contributed by atoms with Crippen molar-refractivity contribution in [1.29, 1.82) is 0 Å². The van der Waals surface area contributed by atoms with Crippen molar-refractivity contribution in [3.8, 4) is 0 Å². The molecule has 2 aromatic carbocycles. The summed E-state index contributed by atoms with van der Waals surface area (Å²) in [4.78, 5) is 0.344. The highest BCUT2D eigenvalue weighted by atomic mass is 32.2. The van der Waals surface area contributed by atoms with Crippen LogP contribution in [0.1, 0.15) is 25.3 Å². The molecule has 0 atom stereocenters. The molecule has 27 heavy (non-hydrogen) atoms. The number of nitrogens with zero attached hydrogens (tertiary/aromatic N) is 2. The van der Waals surface area contributed by atoms with E-state index in [1.54, 1.807) is 6.08 Å². The molecule has 1 heterocycles. The average molecular weight is 405 g/mol. The van der Waals surface area contributed by atoms with E-state index >= 15 is 0 Å². The number of hydrogen-bond acceptors (Lipinski definition) is 3. The summed E-state index contributed by atoms with van der Waals surface area (Å²) in [6, 6.07) is 10.9. The Kier molecular flexibility index (Phi) is 5.92. The molecule has 0 bridgehead atoms. The highest BCUT2D eigenvalue weighted by molar-refractivity contribution is 7.90. The first-order valence-corrected chi connectivity index (χ1v) is 11.0. The van der Waals surface area contributed by atoms with Gasteiger partial charge in [0.05, 0.1) is 15.1 Å². The largest absolute Gasteiger partial charge is 0.312 e. The summed E-state index contributed by atoms with van der Waals surface area (Å²) in [6.45, 7) is 6.36. The van der Waals surface area contributed by atoms with Crippen LogP contribution < -0.4 is 4.80 Å². The van der Waals surface area contributed by atoms with Crippen molar-refractivity contribution in [1.82, 2.24) is 4.57 Å². The zero-order valence-electron chi connectivity index (χ0n) is 15.1. The van der Waals surface area contributed by atoms with Crippen LogP contribution in [0.25, 0.3) is 10.2 Å². The second kappa shape index (κ2) is 8.19. The van der Waals surface area contributed by atoms with Gasteiger partial charge in [0.25, 0.3) is 10.0 Å². The van der Waals surface area contributed by atoms with E-state index in [9.17, 15) is 12.8 Å². The lowest BCUT2D eigenvalue weighted by molar-refractivity contribution is 0.594. The molecular weight excluding hydrogens is 383 g/mol. The fourth-order valence-electron chi connectivity index (χ4n) is 2.79. The molecular formula is C20H21FN2O2S2. The summed E-state index contributed by atoms with van der Waals surface area (Å²) in [6.07, 6.45) is 4.93. The van der Waals surface area contributed by atoms with Gasteiger partial charge in [0.15, 0.2) is 0 Å². The smallest absolute Gasteiger partial charge is 0.285 e.